The molecule has 2 amide bonds. The van der Waals surface area contributed by atoms with Gasteiger partial charge in [0, 0.05) is 43.3 Å². The van der Waals surface area contributed by atoms with E-state index in [1.54, 1.807) is 23.5 Å². The van der Waals surface area contributed by atoms with E-state index in [1.165, 1.54) is 16.4 Å². The van der Waals surface area contributed by atoms with E-state index in [0.717, 1.165) is 10.6 Å². The average molecular weight is 427 g/mol. The van der Waals surface area contributed by atoms with Crippen molar-refractivity contribution in [1.82, 2.24) is 14.9 Å². The number of benzene rings is 1. The molecule has 2 N–H and O–H groups in total. The molecular weight excluding hydrogens is 403 g/mol. The van der Waals surface area contributed by atoms with E-state index in [2.05, 4.69) is 10.6 Å². The Bertz CT molecular complexity index is 865. The molecule has 0 unspecified atom stereocenters. The van der Waals surface area contributed by atoms with E-state index in [1.807, 2.05) is 22.4 Å². The molecule has 0 aliphatic carbocycles. The van der Waals surface area contributed by atoms with Crippen molar-refractivity contribution < 1.29 is 17.6 Å². The molecule has 28 heavy (non-hydrogen) atoms. The van der Waals surface area contributed by atoms with Crippen LogP contribution in [0.3, 0.4) is 0 Å². The molecule has 1 aliphatic rings. The van der Waals surface area contributed by atoms with Gasteiger partial charge in [-0.15, -0.1) is 11.3 Å². The van der Waals surface area contributed by atoms with Crippen LogP contribution in [0.15, 0.2) is 41.8 Å². The number of nitrogens with zero attached hydrogens (tertiary/aromatic N) is 2. The molecule has 0 bridgehead atoms. The fourth-order valence-electron chi connectivity index (χ4n) is 2.94. The van der Waals surface area contributed by atoms with E-state index in [0.29, 0.717) is 32.7 Å². The van der Waals surface area contributed by atoms with Crippen LogP contribution >= 0.6 is 11.3 Å². The van der Waals surface area contributed by atoms with E-state index in [4.69, 9.17) is 0 Å². The van der Waals surface area contributed by atoms with Crippen molar-refractivity contribution >= 4 is 33.1 Å². The van der Waals surface area contributed by atoms with Gasteiger partial charge in [-0.2, -0.15) is 4.31 Å². The summed E-state index contributed by atoms with van der Waals surface area (Å²) in [5, 5.41) is 7.21. The van der Waals surface area contributed by atoms with E-state index in [9.17, 15) is 17.6 Å². The van der Waals surface area contributed by atoms with Crippen LogP contribution in [0.25, 0.3) is 0 Å². The van der Waals surface area contributed by atoms with Crippen molar-refractivity contribution in [3.8, 4) is 0 Å². The third-order valence-corrected chi connectivity index (χ3v) is 7.22. The van der Waals surface area contributed by atoms with Gasteiger partial charge in [-0.1, -0.05) is 6.07 Å². The first kappa shape index (κ1) is 20.6. The fraction of sp³-hybridized carbons (Fsp3) is 0.389. The second kappa shape index (κ2) is 9.35. The Hall–Kier alpha value is -2.17. The van der Waals surface area contributed by atoms with Crippen LogP contribution in [-0.2, 0) is 16.6 Å². The lowest BCUT2D eigenvalue weighted by Gasteiger charge is -2.35. The SMILES string of the molecule is O=C(NCCS(=O)(=O)N1CCN(c2ccc(F)cc2)CC1)NCc1cccs1. The smallest absolute Gasteiger partial charge is 0.315 e. The number of carbonyl (C=O) groups is 1. The van der Waals surface area contributed by atoms with Crippen molar-refractivity contribution in [3.63, 3.8) is 0 Å². The molecule has 2 aromatic rings. The minimum atomic E-state index is -3.44. The molecule has 1 aromatic carbocycles. The van der Waals surface area contributed by atoms with Gasteiger partial charge >= 0.3 is 6.03 Å². The predicted octanol–water partition coefficient (Wildman–Crippen LogP) is 1.84. The Kier molecular flexibility index (Phi) is 6.87. The van der Waals surface area contributed by atoms with Crippen LogP contribution < -0.4 is 15.5 Å². The van der Waals surface area contributed by atoms with Crippen LogP contribution in [0.2, 0.25) is 0 Å². The zero-order chi connectivity index (χ0) is 20.0. The Morgan fingerprint density at radius 3 is 2.43 bits per heavy atom. The number of hydrogen-bond donors (Lipinski definition) is 2. The molecule has 1 aromatic heterocycles. The first-order valence-corrected chi connectivity index (χ1v) is 11.5. The highest BCUT2D eigenvalue weighted by Gasteiger charge is 2.26. The Balaban J connectivity index is 1.40. The molecule has 0 atom stereocenters. The van der Waals surface area contributed by atoms with Gasteiger partial charge in [-0.05, 0) is 35.7 Å². The van der Waals surface area contributed by atoms with E-state index in [-0.39, 0.29) is 24.1 Å². The van der Waals surface area contributed by atoms with Gasteiger partial charge in [0.05, 0.1) is 12.3 Å². The van der Waals surface area contributed by atoms with Crippen LogP contribution in [0.5, 0.6) is 0 Å². The maximum absolute atomic E-state index is 13.0. The summed E-state index contributed by atoms with van der Waals surface area (Å²) >= 11 is 1.54. The molecule has 10 heteroatoms. The topological polar surface area (TPSA) is 81.8 Å². The summed E-state index contributed by atoms with van der Waals surface area (Å²) in [6, 6.07) is 9.62. The Morgan fingerprint density at radius 1 is 1.07 bits per heavy atom. The van der Waals surface area contributed by atoms with E-state index < -0.39 is 10.0 Å². The van der Waals surface area contributed by atoms with Gasteiger partial charge in [0.1, 0.15) is 5.82 Å². The largest absolute Gasteiger partial charge is 0.369 e. The monoisotopic (exact) mass is 426 g/mol. The fourth-order valence-corrected chi connectivity index (χ4v) is 4.92. The number of piperazine rings is 1. The molecule has 0 radical (unpaired) electrons. The Labute approximate surface area is 168 Å². The summed E-state index contributed by atoms with van der Waals surface area (Å²) in [7, 11) is -3.44. The molecule has 1 saturated heterocycles. The standard InChI is InChI=1S/C18H23FN4O3S2/c19-15-3-5-16(6-4-15)22-8-10-23(11-9-22)28(25,26)13-7-20-18(24)21-14-17-2-1-12-27-17/h1-6,12H,7-11,13-14H2,(H2,20,21,24). The number of rotatable bonds is 7. The van der Waals surface area contributed by atoms with Gasteiger partial charge < -0.3 is 15.5 Å². The van der Waals surface area contributed by atoms with Gasteiger partial charge in [0.25, 0.3) is 0 Å². The number of thiophene rings is 1. The second-order valence-electron chi connectivity index (χ2n) is 6.37. The van der Waals surface area contributed by atoms with Crippen molar-refractivity contribution in [2.24, 2.45) is 0 Å². The number of hydrogen-bond acceptors (Lipinski definition) is 5. The molecule has 0 spiro atoms. The summed E-state index contributed by atoms with van der Waals surface area (Å²) in [6.07, 6.45) is 0. The maximum Gasteiger partial charge on any atom is 0.315 e. The number of nitrogens with one attached hydrogen (secondary N) is 2. The number of sulfonamides is 1. The van der Waals surface area contributed by atoms with Gasteiger partial charge in [0.15, 0.2) is 0 Å². The van der Waals surface area contributed by atoms with Crippen LogP contribution in [0.1, 0.15) is 4.88 Å². The first-order valence-electron chi connectivity index (χ1n) is 8.96. The molecule has 3 rings (SSSR count). The van der Waals surface area contributed by atoms with Crippen molar-refractivity contribution in [3.05, 3.63) is 52.5 Å². The highest BCUT2D eigenvalue weighted by atomic mass is 32.2. The number of halogens is 1. The predicted molar refractivity (Wildman–Crippen MR) is 109 cm³/mol. The third kappa shape index (κ3) is 5.66. The minimum absolute atomic E-state index is 0.0524. The zero-order valence-electron chi connectivity index (χ0n) is 15.3. The molecule has 2 heterocycles. The number of amides is 2. The summed E-state index contributed by atoms with van der Waals surface area (Å²) in [5.41, 5.74) is 0.877. The zero-order valence-corrected chi connectivity index (χ0v) is 16.9. The lowest BCUT2D eigenvalue weighted by molar-refractivity contribution is 0.241. The molecular formula is C18H23FN4O3S2. The van der Waals surface area contributed by atoms with Gasteiger partial charge in [-0.3, -0.25) is 0 Å². The van der Waals surface area contributed by atoms with Crippen molar-refractivity contribution in [2.45, 2.75) is 6.54 Å². The highest BCUT2D eigenvalue weighted by Crippen LogP contribution is 2.18. The number of carbonyl (C=O) groups excluding carboxylic acids is 1. The summed E-state index contributed by atoms with van der Waals surface area (Å²) in [6.45, 7) is 2.28. The van der Waals surface area contributed by atoms with Crippen molar-refractivity contribution in [2.75, 3.05) is 43.4 Å². The lowest BCUT2D eigenvalue weighted by atomic mass is 10.2. The minimum Gasteiger partial charge on any atom is -0.369 e. The molecule has 152 valence electrons. The average Bonchev–Trinajstić information content (AvgIpc) is 3.21. The highest BCUT2D eigenvalue weighted by molar-refractivity contribution is 7.89. The van der Waals surface area contributed by atoms with Crippen LogP contribution in [-0.4, -0.2) is 57.2 Å². The molecule has 1 fully saturated rings. The van der Waals surface area contributed by atoms with Gasteiger partial charge in [-0.25, -0.2) is 17.6 Å². The summed E-state index contributed by atoms with van der Waals surface area (Å²) in [4.78, 5) is 14.8. The number of anilines is 1. The van der Waals surface area contributed by atoms with Crippen molar-refractivity contribution in [1.29, 1.82) is 0 Å². The van der Waals surface area contributed by atoms with Gasteiger partial charge in [0.2, 0.25) is 10.0 Å². The third-order valence-electron chi connectivity index (χ3n) is 4.47. The maximum atomic E-state index is 13.0. The molecule has 1 aliphatic heterocycles. The summed E-state index contributed by atoms with van der Waals surface area (Å²) in [5.74, 6) is -0.437. The Morgan fingerprint density at radius 2 is 1.79 bits per heavy atom. The molecule has 7 nitrogen and oxygen atoms in total. The van der Waals surface area contributed by atoms with E-state index >= 15 is 0 Å². The molecule has 0 saturated carbocycles. The lowest BCUT2D eigenvalue weighted by Crippen LogP contribution is -2.50. The quantitative estimate of drug-likeness (QED) is 0.708. The summed E-state index contributed by atoms with van der Waals surface area (Å²) < 4.78 is 39.4. The first-order chi connectivity index (χ1) is 13.4. The van der Waals surface area contributed by atoms with Crippen LogP contribution in [0, 0.1) is 5.82 Å². The normalized spacial score (nSPS) is 15.4. The van der Waals surface area contributed by atoms with Crippen LogP contribution in [0.4, 0.5) is 14.9 Å². The number of urea groups is 1. The second-order valence-corrected chi connectivity index (χ2v) is 9.49.